The van der Waals surface area contributed by atoms with Gasteiger partial charge in [-0.2, -0.15) is 0 Å². The number of hydrogen-bond acceptors (Lipinski definition) is 1. The Morgan fingerprint density at radius 1 is 1.42 bits per heavy atom. The molecule has 0 radical (unpaired) electrons. The van der Waals surface area contributed by atoms with Crippen LogP contribution in [0.25, 0.3) is 0 Å². The highest BCUT2D eigenvalue weighted by Crippen LogP contribution is 2.34. The lowest BCUT2D eigenvalue weighted by atomic mass is 9.93. The molecule has 2 N–H and O–H groups in total. The van der Waals surface area contributed by atoms with E-state index >= 15 is 0 Å². The third-order valence-corrected chi connectivity index (χ3v) is 2.69. The molecule has 1 aliphatic rings. The number of benzene rings is 1. The van der Waals surface area contributed by atoms with Gasteiger partial charge in [-0.3, -0.25) is 0 Å². The summed E-state index contributed by atoms with van der Waals surface area (Å²) in [4.78, 5) is 0. The first kappa shape index (κ1) is 7.56. The average molecular weight is 159 g/mol. The third-order valence-electron chi connectivity index (χ3n) is 2.69. The lowest BCUT2D eigenvalue weighted by Crippen LogP contribution is -2.30. The van der Waals surface area contributed by atoms with Crippen molar-refractivity contribution in [3.05, 3.63) is 48.0 Å². The summed E-state index contributed by atoms with van der Waals surface area (Å²) < 4.78 is 0. The van der Waals surface area contributed by atoms with Gasteiger partial charge in [-0.15, -0.1) is 6.58 Å². The normalized spacial score (nSPS) is 26.8. The van der Waals surface area contributed by atoms with Crippen LogP contribution in [0.15, 0.2) is 36.9 Å². The van der Waals surface area contributed by atoms with Gasteiger partial charge in [0, 0.05) is 0 Å². The molecule has 0 heterocycles. The molecule has 0 fully saturated rings. The van der Waals surface area contributed by atoms with Crippen LogP contribution in [0.5, 0.6) is 0 Å². The van der Waals surface area contributed by atoms with Crippen molar-refractivity contribution in [2.45, 2.75) is 18.4 Å². The van der Waals surface area contributed by atoms with Crippen molar-refractivity contribution < 1.29 is 0 Å². The zero-order valence-corrected chi connectivity index (χ0v) is 7.09. The molecule has 1 unspecified atom stereocenters. The second-order valence-electron chi connectivity index (χ2n) is 3.40. The first-order valence-corrected chi connectivity index (χ1v) is 4.27. The first-order chi connectivity index (χ1) is 5.76. The minimum atomic E-state index is -0.267. The quantitative estimate of drug-likeness (QED) is 0.623. The van der Waals surface area contributed by atoms with Crippen molar-refractivity contribution in [1.29, 1.82) is 0 Å². The predicted octanol–water partition coefficient (Wildman–Crippen LogP) is 1.97. The summed E-state index contributed by atoms with van der Waals surface area (Å²) in [6, 6.07) is 8.35. The van der Waals surface area contributed by atoms with Gasteiger partial charge in [0.15, 0.2) is 0 Å². The van der Waals surface area contributed by atoms with E-state index in [1.807, 2.05) is 12.1 Å². The molecular weight excluding hydrogens is 146 g/mol. The van der Waals surface area contributed by atoms with Crippen LogP contribution in [0.3, 0.4) is 0 Å². The Labute approximate surface area is 72.9 Å². The summed E-state index contributed by atoms with van der Waals surface area (Å²) in [5.74, 6) is 0. The van der Waals surface area contributed by atoms with Crippen molar-refractivity contribution in [3.8, 4) is 0 Å². The van der Waals surface area contributed by atoms with Gasteiger partial charge in [0.05, 0.1) is 5.54 Å². The van der Waals surface area contributed by atoms with E-state index in [2.05, 4.69) is 24.8 Å². The molecule has 0 aliphatic heterocycles. The van der Waals surface area contributed by atoms with E-state index in [4.69, 9.17) is 5.73 Å². The van der Waals surface area contributed by atoms with E-state index in [9.17, 15) is 0 Å². The Morgan fingerprint density at radius 2 is 2.17 bits per heavy atom. The van der Waals surface area contributed by atoms with Gasteiger partial charge in [0.25, 0.3) is 0 Å². The minimum absolute atomic E-state index is 0.267. The van der Waals surface area contributed by atoms with Crippen molar-refractivity contribution in [2.24, 2.45) is 5.73 Å². The van der Waals surface area contributed by atoms with Gasteiger partial charge >= 0.3 is 0 Å². The fraction of sp³-hybridized carbons (Fsp3) is 0.273. The molecule has 0 bridgehead atoms. The van der Waals surface area contributed by atoms with Crippen LogP contribution in [0.2, 0.25) is 0 Å². The predicted molar refractivity (Wildman–Crippen MR) is 50.8 cm³/mol. The van der Waals surface area contributed by atoms with E-state index in [1.165, 1.54) is 11.1 Å². The third kappa shape index (κ3) is 0.901. The van der Waals surface area contributed by atoms with Gasteiger partial charge in [-0.1, -0.05) is 30.3 Å². The van der Waals surface area contributed by atoms with Crippen LogP contribution >= 0.6 is 0 Å². The second kappa shape index (κ2) is 2.46. The van der Waals surface area contributed by atoms with Gasteiger partial charge in [-0.05, 0) is 24.0 Å². The summed E-state index contributed by atoms with van der Waals surface area (Å²) >= 11 is 0. The number of hydrogen-bond donors (Lipinski definition) is 1. The Bertz CT molecular complexity index is 317. The summed E-state index contributed by atoms with van der Waals surface area (Å²) in [6.07, 6.45) is 3.94. The molecule has 12 heavy (non-hydrogen) atoms. The molecule has 0 amide bonds. The first-order valence-electron chi connectivity index (χ1n) is 4.27. The van der Waals surface area contributed by atoms with Crippen molar-refractivity contribution in [3.63, 3.8) is 0 Å². The van der Waals surface area contributed by atoms with E-state index in [0.29, 0.717) is 0 Å². The maximum Gasteiger partial charge on any atom is 0.0598 e. The van der Waals surface area contributed by atoms with E-state index in [0.717, 1.165) is 12.8 Å². The molecule has 1 atom stereocenters. The number of rotatable bonds is 1. The van der Waals surface area contributed by atoms with Crippen LogP contribution in [0, 0.1) is 0 Å². The highest BCUT2D eigenvalue weighted by atomic mass is 14.7. The summed E-state index contributed by atoms with van der Waals surface area (Å²) in [7, 11) is 0. The standard InChI is InChI=1S/C11H13N/c1-2-11(12)8-7-9-5-3-4-6-10(9)11/h2-6H,1,7-8,12H2. The molecule has 0 saturated carbocycles. The maximum atomic E-state index is 6.15. The van der Waals surface area contributed by atoms with Crippen molar-refractivity contribution >= 4 is 0 Å². The number of aryl methyl sites for hydroxylation is 1. The summed E-state index contributed by atoms with van der Waals surface area (Å²) in [5.41, 5.74) is 8.51. The smallest absolute Gasteiger partial charge is 0.0598 e. The molecule has 1 nitrogen and oxygen atoms in total. The number of nitrogens with two attached hydrogens (primary N) is 1. The Balaban J connectivity index is 2.56. The molecule has 0 saturated heterocycles. The van der Waals surface area contributed by atoms with E-state index < -0.39 is 0 Å². The number of fused-ring (bicyclic) bond motifs is 1. The van der Waals surface area contributed by atoms with Crippen LogP contribution in [0.1, 0.15) is 17.5 Å². The molecular formula is C11H13N. The minimum Gasteiger partial charge on any atom is -0.318 e. The lowest BCUT2D eigenvalue weighted by Gasteiger charge is -2.19. The Hall–Kier alpha value is -1.08. The monoisotopic (exact) mass is 159 g/mol. The Morgan fingerprint density at radius 3 is 2.92 bits per heavy atom. The zero-order valence-electron chi connectivity index (χ0n) is 7.09. The molecule has 62 valence electrons. The zero-order chi connectivity index (χ0) is 8.60. The fourth-order valence-corrected chi connectivity index (χ4v) is 1.88. The molecule has 0 spiro atoms. The summed E-state index contributed by atoms with van der Waals surface area (Å²) in [5, 5.41) is 0. The topological polar surface area (TPSA) is 26.0 Å². The summed E-state index contributed by atoms with van der Waals surface area (Å²) in [6.45, 7) is 3.79. The fourth-order valence-electron chi connectivity index (χ4n) is 1.88. The van der Waals surface area contributed by atoms with E-state index in [-0.39, 0.29) is 5.54 Å². The van der Waals surface area contributed by atoms with Gasteiger partial charge in [0.2, 0.25) is 0 Å². The van der Waals surface area contributed by atoms with Gasteiger partial charge in [0.1, 0.15) is 0 Å². The molecule has 0 aromatic heterocycles. The van der Waals surface area contributed by atoms with Crippen molar-refractivity contribution in [2.75, 3.05) is 0 Å². The highest BCUT2D eigenvalue weighted by molar-refractivity contribution is 5.41. The SMILES string of the molecule is C=CC1(N)CCc2ccccc21. The van der Waals surface area contributed by atoms with Crippen LogP contribution in [0.4, 0.5) is 0 Å². The molecule has 1 aliphatic carbocycles. The van der Waals surface area contributed by atoms with Crippen LogP contribution in [-0.4, -0.2) is 0 Å². The highest BCUT2D eigenvalue weighted by Gasteiger charge is 2.31. The van der Waals surface area contributed by atoms with Crippen LogP contribution in [-0.2, 0) is 12.0 Å². The molecule has 1 aromatic carbocycles. The molecule has 2 rings (SSSR count). The lowest BCUT2D eigenvalue weighted by molar-refractivity contribution is 0.558. The van der Waals surface area contributed by atoms with Gasteiger partial charge < -0.3 is 5.73 Å². The largest absolute Gasteiger partial charge is 0.318 e. The molecule has 1 aromatic rings. The Kier molecular flexibility index (Phi) is 1.55. The maximum absolute atomic E-state index is 6.15. The van der Waals surface area contributed by atoms with Crippen LogP contribution < -0.4 is 5.73 Å². The second-order valence-corrected chi connectivity index (χ2v) is 3.40. The van der Waals surface area contributed by atoms with Crippen molar-refractivity contribution in [1.82, 2.24) is 0 Å². The average Bonchev–Trinajstić information content (AvgIpc) is 2.46. The van der Waals surface area contributed by atoms with E-state index in [1.54, 1.807) is 0 Å². The molecule has 1 heteroatoms. The van der Waals surface area contributed by atoms with Gasteiger partial charge in [-0.25, -0.2) is 0 Å².